The van der Waals surface area contributed by atoms with E-state index < -0.39 is 0 Å². The van der Waals surface area contributed by atoms with Gasteiger partial charge in [-0.2, -0.15) is 5.10 Å². The van der Waals surface area contributed by atoms with Crippen molar-refractivity contribution < 1.29 is 14.3 Å². The highest BCUT2D eigenvalue weighted by atomic mass is 127. The van der Waals surface area contributed by atoms with E-state index in [9.17, 15) is 4.79 Å². The van der Waals surface area contributed by atoms with Gasteiger partial charge in [-0.3, -0.25) is 4.79 Å². The Kier molecular flexibility index (Phi) is 8.13. The third-order valence-electron chi connectivity index (χ3n) is 4.21. The number of carbonyl (C=O) groups excluding carboxylic acids is 1. The molecular formula is C23H21ClIN3O3. The molecule has 0 atom stereocenters. The van der Waals surface area contributed by atoms with Crippen LogP contribution < -0.4 is 20.6 Å². The van der Waals surface area contributed by atoms with Gasteiger partial charge in [0.1, 0.15) is 6.61 Å². The lowest BCUT2D eigenvalue weighted by atomic mass is 10.2. The third-order valence-corrected chi connectivity index (χ3v) is 5.27. The Morgan fingerprint density at radius 3 is 2.61 bits per heavy atom. The van der Waals surface area contributed by atoms with Gasteiger partial charge in [0.2, 0.25) is 0 Å². The van der Waals surface area contributed by atoms with Gasteiger partial charge in [-0.15, -0.1) is 0 Å². The highest BCUT2D eigenvalue weighted by molar-refractivity contribution is 14.1. The van der Waals surface area contributed by atoms with Crippen LogP contribution in [0.5, 0.6) is 11.5 Å². The number of hydrazone groups is 1. The van der Waals surface area contributed by atoms with Crippen LogP contribution in [-0.4, -0.2) is 18.7 Å². The van der Waals surface area contributed by atoms with Gasteiger partial charge in [0.15, 0.2) is 11.5 Å². The summed E-state index contributed by atoms with van der Waals surface area (Å²) < 4.78 is 12.6. The van der Waals surface area contributed by atoms with Crippen molar-refractivity contribution in [3.05, 3.63) is 85.9 Å². The molecule has 3 rings (SSSR count). The molecule has 0 aromatic heterocycles. The number of amides is 1. The zero-order valence-corrected chi connectivity index (χ0v) is 19.7. The molecule has 6 nitrogen and oxygen atoms in total. The van der Waals surface area contributed by atoms with Crippen LogP contribution in [0, 0.1) is 3.57 Å². The Morgan fingerprint density at radius 1 is 1.16 bits per heavy atom. The molecule has 3 aromatic carbocycles. The Bertz CT molecular complexity index is 1090. The maximum Gasteiger partial charge on any atom is 0.273 e. The predicted octanol–water partition coefficient (Wildman–Crippen LogP) is 5.27. The molecule has 3 aromatic rings. The molecule has 0 spiro atoms. The Labute approximate surface area is 199 Å². The fourth-order valence-corrected chi connectivity index (χ4v) is 3.64. The monoisotopic (exact) mass is 549 g/mol. The first-order valence-electron chi connectivity index (χ1n) is 9.49. The molecule has 0 aliphatic heterocycles. The van der Waals surface area contributed by atoms with Crippen LogP contribution in [0.3, 0.4) is 0 Å². The molecular weight excluding hydrogens is 529 g/mol. The average Bonchev–Trinajstić information content (AvgIpc) is 2.75. The zero-order chi connectivity index (χ0) is 22.2. The summed E-state index contributed by atoms with van der Waals surface area (Å²) in [6, 6.07) is 18.0. The second kappa shape index (κ2) is 11.0. The fraction of sp³-hybridized carbons (Fsp3) is 0.130. The van der Waals surface area contributed by atoms with Crippen LogP contribution in [-0.2, 0) is 6.61 Å². The fourth-order valence-electron chi connectivity index (χ4n) is 2.73. The topological polar surface area (TPSA) is 85.9 Å². The molecule has 0 aliphatic rings. The molecule has 3 N–H and O–H groups in total. The summed E-state index contributed by atoms with van der Waals surface area (Å²) >= 11 is 8.12. The standard InChI is InChI=1S/C23H21ClIN3O3/c1-2-30-21-12-16(13-27-28-23(29)18-5-3-4-6-20(18)26)11-19(25)22(21)31-14-15-7-9-17(24)10-8-15/h3-13H,2,14,26H2,1H3,(H,28,29)/b27-13-. The lowest BCUT2D eigenvalue weighted by molar-refractivity contribution is 0.0956. The Hall–Kier alpha value is -2.78. The summed E-state index contributed by atoms with van der Waals surface area (Å²) in [5.41, 5.74) is 10.8. The van der Waals surface area contributed by atoms with Crippen molar-refractivity contribution in [1.82, 2.24) is 5.43 Å². The van der Waals surface area contributed by atoms with Crippen molar-refractivity contribution in [2.24, 2.45) is 5.10 Å². The number of hydrogen-bond donors (Lipinski definition) is 2. The summed E-state index contributed by atoms with van der Waals surface area (Å²) in [4.78, 5) is 12.2. The number of nitrogens with two attached hydrogens (primary N) is 1. The quantitative estimate of drug-likeness (QED) is 0.174. The molecule has 0 unspecified atom stereocenters. The molecule has 1 amide bonds. The molecule has 0 heterocycles. The van der Waals surface area contributed by atoms with Crippen molar-refractivity contribution in [3.8, 4) is 11.5 Å². The van der Waals surface area contributed by atoms with Crippen molar-refractivity contribution in [1.29, 1.82) is 0 Å². The lowest BCUT2D eigenvalue weighted by Crippen LogP contribution is -2.19. The smallest absolute Gasteiger partial charge is 0.273 e. The number of ether oxygens (including phenoxy) is 2. The number of nitrogens with zero attached hydrogens (tertiary/aromatic N) is 1. The van der Waals surface area contributed by atoms with E-state index in [-0.39, 0.29) is 5.91 Å². The molecule has 160 valence electrons. The van der Waals surface area contributed by atoms with Crippen LogP contribution in [0.2, 0.25) is 5.02 Å². The second-order valence-electron chi connectivity index (χ2n) is 6.46. The summed E-state index contributed by atoms with van der Waals surface area (Å²) in [5.74, 6) is 0.871. The van der Waals surface area contributed by atoms with Crippen LogP contribution in [0.1, 0.15) is 28.4 Å². The van der Waals surface area contributed by atoms with Crippen LogP contribution in [0.25, 0.3) is 0 Å². The van der Waals surface area contributed by atoms with E-state index in [1.807, 2.05) is 43.3 Å². The maximum atomic E-state index is 12.2. The van der Waals surface area contributed by atoms with E-state index in [2.05, 4.69) is 33.1 Å². The summed E-state index contributed by atoms with van der Waals surface area (Å²) in [5, 5.41) is 4.72. The van der Waals surface area contributed by atoms with Gasteiger partial charge in [0.05, 0.1) is 22.0 Å². The number of nitrogens with one attached hydrogen (secondary N) is 1. The second-order valence-corrected chi connectivity index (χ2v) is 8.06. The minimum atomic E-state index is -0.378. The predicted molar refractivity (Wildman–Crippen MR) is 132 cm³/mol. The number of benzene rings is 3. The molecule has 8 heteroatoms. The molecule has 31 heavy (non-hydrogen) atoms. The number of carbonyl (C=O) groups is 1. The van der Waals surface area contributed by atoms with Crippen LogP contribution >= 0.6 is 34.2 Å². The number of para-hydroxylation sites is 1. The van der Waals surface area contributed by atoms with Crippen LogP contribution in [0.15, 0.2) is 65.8 Å². The van der Waals surface area contributed by atoms with E-state index in [0.717, 1.165) is 14.7 Å². The van der Waals surface area contributed by atoms with Gasteiger partial charge < -0.3 is 15.2 Å². The largest absolute Gasteiger partial charge is 0.490 e. The van der Waals surface area contributed by atoms with Gasteiger partial charge in [0.25, 0.3) is 5.91 Å². The lowest BCUT2D eigenvalue weighted by Gasteiger charge is -2.15. The Morgan fingerprint density at radius 2 is 1.90 bits per heavy atom. The zero-order valence-electron chi connectivity index (χ0n) is 16.8. The van der Waals surface area contributed by atoms with Crippen molar-refractivity contribution >= 4 is 52.0 Å². The first-order valence-corrected chi connectivity index (χ1v) is 10.9. The normalized spacial score (nSPS) is 10.8. The minimum absolute atomic E-state index is 0.371. The van der Waals surface area contributed by atoms with E-state index in [4.69, 9.17) is 26.8 Å². The maximum absolute atomic E-state index is 12.2. The molecule has 0 aliphatic carbocycles. The Balaban J connectivity index is 1.73. The summed E-state index contributed by atoms with van der Waals surface area (Å²) in [6.45, 7) is 2.77. The summed E-state index contributed by atoms with van der Waals surface area (Å²) in [6.07, 6.45) is 1.55. The highest BCUT2D eigenvalue weighted by Gasteiger charge is 2.13. The number of hydrogen-bond acceptors (Lipinski definition) is 5. The first kappa shape index (κ1) is 22.9. The van der Waals surface area contributed by atoms with Gasteiger partial charge in [0, 0.05) is 10.7 Å². The van der Waals surface area contributed by atoms with E-state index in [1.54, 1.807) is 30.5 Å². The molecule has 0 fully saturated rings. The first-order chi connectivity index (χ1) is 15.0. The highest BCUT2D eigenvalue weighted by Crippen LogP contribution is 2.34. The van der Waals surface area contributed by atoms with Crippen LogP contribution in [0.4, 0.5) is 5.69 Å². The van der Waals surface area contributed by atoms with Crippen molar-refractivity contribution in [2.75, 3.05) is 12.3 Å². The van der Waals surface area contributed by atoms with Gasteiger partial charge >= 0.3 is 0 Å². The number of halogens is 2. The van der Waals surface area contributed by atoms with E-state index >= 15 is 0 Å². The van der Waals surface area contributed by atoms with Gasteiger partial charge in [-0.05, 0) is 77.0 Å². The van der Waals surface area contributed by atoms with Gasteiger partial charge in [-0.1, -0.05) is 35.9 Å². The van der Waals surface area contributed by atoms with Crippen molar-refractivity contribution in [2.45, 2.75) is 13.5 Å². The summed E-state index contributed by atoms with van der Waals surface area (Å²) in [7, 11) is 0. The van der Waals surface area contributed by atoms with E-state index in [0.29, 0.717) is 41.0 Å². The minimum Gasteiger partial charge on any atom is -0.490 e. The van der Waals surface area contributed by atoms with E-state index in [1.165, 1.54) is 0 Å². The molecule has 0 saturated heterocycles. The molecule has 0 radical (unpaired) electrons. The average molecular weight is 550 g/mol. The number of anilines is 1. The molecule has 0 saturated carbocycles. The number of nitrogen functional groups attached to an aromatic ring is 1. The SMILES string of the molecule is CCOc1cc(/C=N\NC(=O)c2ccccc2N)cc(I)c1OCc1ccc(Cl)cc1. The van der Waals surface area contributed by atoms with Crippen molar-refractivity contribution in [3.63, 3.8) is 0 Å². The molecule has 0 bridgehead atoms. The van der Waals surface area contributed by atoms with Gasteiger partial charge in [-0.25, -0.2) is 5.43 Å². The number of rotatable bonds is 8. The third kappa shape index (κ3) is 6.35.